The van der Waals surface area contributed by atoms with E-state index in [0.717, 1.165) is 96.3 Å². The van der Waals surface area contributed by atoms with Crippen LogP contribution in [0.3, 0.4) is 0 Å². The van der Waals surface area contributed by atoms with Crippen LogP contribution in [0.15, 0.2) is 0 Å². The van der Waals surface area contributed by atoms with Crippen LogP contribution in [-0.4, -0.2) is 38.2 Å². The summed E-state index contributed by atoms with van der Waals surface area (Å²) in [6, 6.07) is 0. The van der Waals surface area contributed by atoms with E-state index < -0.39 is 5.92 Å². The number of esters is 3. The molecule has 0 saturated heterocycles. The molecule has 3 unspecified atom stereocenters. The smallest absolute Gasteiger partial charge is 0.309 e. The third-order valence-corrected chi connectivity index (χ3v) is 7.44. The van der Waals surface area contributed by atoms with Gasteiger partial charge in [-0.1, -0.05) is 105 Å². The molecule has 0 aliphatic heterocycles. The van der Waals surface area contributed by atoms with E-state index in [1.54, 1.807) is 0 Å². The highest BCUT2D eigenvalue weighted by molar-refractivity contribution is 5.80. The number of ether oxygens (including phenoxy) is 3. The van der Waals surface area contributed by atoms with Gasteiger partial charge in [0.2, 0.25) is 0 Å². The minimum atomic E-state index is -0.424. The molecule has 0 rings (SSSR count). The first kappa shape index (κ1) is 35.4. The topological polar surface area (TPSA) is 78.9 Å². The predicted molar refractivity (Wildman–Crippen MR) is 150 cm³/mol. The molecule has 218 valence electrons. The van der Waals surface area contributed by atoms with Gasteiger partial charge in [-0.05, 0) is 37.5 Å². The Morgan fingerprint density at radius 1 is 0.595 bits per heavy atom. The number of unbranched alkanes of at least 4 members (excludes halogenated alkanes) is 8. The molecular formula is C31H58O6. The van der Waals surface area contributed by atoms with Crippen molar-refractivity contribution in [2.24, 2.45) is 17.8 Å². The van der Waals surface area contributed by atoms with E-state index in [1.807, 2.05) is 0 Å². The number of hydrogen-bond acceptors (Lipinski definition) is 6. The first-order chi connectivity index (χ1) is 17.9. The Labute approximate surface area is 228 Å². The molecule has 0 aromatic carbocycles. The van der Waals surface area contributed by atoms with Gasteiger partial charge in [0.25, 0.3) is 0 Å². The molecule has 0 spiro atoms. The lowest BCUT2D eigenvalue weighted by Crippen LogP contribution is -2.25. The minimum absolute atomic E-state index is 0.113. The second-order valence-electron chi connectivity index (χ2n) is 10.6. The average Bonchev–Trinajstić information content (AvgIpc) is 2.91. The molecule has 0 N–H and O–H groups in total. The van der Waals surface area contributed by atoms with Gasteiger partial charge < -0.3 is 14.2 Å². The van der Waals surface area contributed by atoms with E-state index in [-0.39, 0.29) is 24.3 Å². The minimum Gasteiger partial charge on any atom is -0.469 e. The number of carbonyl (C=O) groups excluding carboxylic acids is 3. The summed E-state index contributed by atoms with van der Waals surface area (Å²) in [7, 11) is 1.43. The van der Waals surface area contributed by atoms with Crippen LogP contribution < -0.4 is 0 Å². The second-order valence-corrected chi connectivity index (χ2v) is 10.6. The Morgan fingerprint density at radius 2 is 1.11 bits per heavy atom. The summed E-state index contributed by atoms with van der Waals surface area (Å²) in [5, 5.41) is 0. The zero-order valence-corrected chi connectivity index (χ0v) is 24.8. The van der Waals surface area contributed by atoms with Crippen molar-refractivity contribution in [2.75, 3.05) is 20.3 Å². The Hall–Kier alpha value is -1.59. The number of carbonyl (C=O) groups is 3. The zero-order chi connectivity index (χ0) is 27.7. The molecule has 0 aromatic heterocycles. The van der Waals surface area contributed by atoms with Crippen molar-refractivity contribution in [3.63, 3.8) is 0 Å². The molecule has 6 nitrogen and oxygen atoms in total. The van der Waals surface area contributed by atoms with Gasteiger partial charge in [0, 0.05) is 6.42 Å². The van der Waals surface area contributed by atoms with Crippen LogP contribution in [0.2, 0.25) is 0 Å². The standard InChI is InChI=1S/C31H58O6/c1-6-10-19-26(8-3)24-36-30(33)23-28(31(34)37-25-27(9-4)20-11-7-2)21-17-15-13-12-14-16-18-22-29(32)35-5/h26-28H,6-25H2,1-5H3. The third kappa shape index (κ3) is 20.1. The van der Waals surface area contributed by atoms with E-state index in [2.05, 4.69) is 32.4 Å². The maximum atomic E-state index is 13.0. The van der Waals surface area contributed by atoms with Crippen molar-refractivity contribution in [3.05, 3.63) is 0 Å². The van der Waals surface area contributed by atoms with Crippen LogP contribution in [0.25, 0.3) is 0 Å². The lowest BCUT2D eigenvalue weighted by molar-refractivity contribution is -0.157. The molecule has 0 aliphatic rings. The van der Waals surface area contributed by atoms with E-state index in [0.29, 0.717) is 37.9 Å². The van der Waals surface area contributed by atoms with Crippen LogP contribution >= 0.6 is 0 Å². The molecular weight excluding hydrogens is 468 g/mol. The fourth-order valence-corrected chi connectivity index (χ4v) is 4.53. The average molecular weight is 527 g/mol. The van der Waals surface area contributed by atoms with E-state index in [4.69, 9.17) is 9.47 Å². The van der Waals surface area contributed by atoms with Gasteiger partial charge in [0.1, 0.15) is 0 Å². The normalized spacial score (nSPS) is 13.5. The summed E-state index contributed by atoms with van der Waals surface area (Å²) < 4.78 is 16.0. The quantitative estimate of drug-likeness (QED) is 0.0677. The highest BCUT2D eigenvalue weighted by Crippen LogP contribution is 2.21. The molecule has 0 radical (unpaired) electrons. The Morgan fingerprint density at radius 3 is 1.62 bits per heavy atom. The van der Waals surface area contributed by atoms with Crippen molar-refractivity contribution < 1.29 is 28.6 Å². The maximum absolute atomic E-state index is 13.0. The molecule has 0 saturated carbocycles. The van der Waals surface area contributed by atoms with Gasteiger partial charge in [-0.3, -0.25) is 14.4 Å². The molecule has 0 fully saturated rings. The predicted octanol–water partition coefficient (Wildman–Crippen LogP) is 8.20. The first-order valence-electron chi connectivity index (χ1n) is 15.3. The SMILES string of the molecule is CCCCC(CC)COC(=O)CC(CCCCCCCCCC(=O)OC)C(=O)OCC(CC)CCCC. The Kier molecular flexibility index (Phi) is 23.7. The van der Waals surface area contributed by atoms with Crippen molar-refractivity contribution in [3.8, 4) is 0 Å². The monoisotopic (exact) mass is 526 g/mol. The second kappa shape index (κ2) is 24.7. The van der Waals surface area contributed by atoms with Crippen LogP contribution in [0, 0.1) is 17.8 Å². The summed E-state index contributed by atoms with van der Waals surface area (Å²) in [5.41, 5.74) is 0. The summed E-state index contributed by atoms with van der Waals surface area (Å²) in [6.45, 7) is 9.51. The molecule has 0 aromatic rings. The van der Waals surface area contributed by atoms with Crippen molar-refractivity contribution in [1.82, 2.24) is 0 Å². The van der Waals surface area contributed by atoms with Crippen LogP contribution in [0.4, 0.5) is 0 Å². The van der Waals surface area contributed by atoms with Gasteiger partial charge in [-0.15, -0.1) is 0 Å². The molecule has 0 heterocycles. The summed E-state index contributed by atoms with van der Waals surface area (Å²) >= 11 is 0. The van der Waals surface area contributed by atoms with Crippen molar-refractivity contribution >= 4 is 17.9 Å². The molecule has 37 heavy (non-hydrogen) atoms. The molecule has 0 aliphatic carbocycles. The third-order valence-electron chi connectivity index (χ3n) is 7.44. The van der Waals surface area contributed by atoms with Gasteiger partial charge in [0.05, 0.1) is 32.7 Å². The lowest BCUT2D eigenvalue weighted by Gasteiger charge is -2.20. The van der Waals surface area contributed by atoms with Crippen LogP contribution in [0.5, 0.6) is 0 Å². The molecule has 0 amide bonds. The summed E-state index contributed by atoms with van der Waals surface area (Å²) in [5.74, 6) is -0.302. The highest BCUT2D eigenvalue weighted by Gasteiger charge is 2.25. The van der Waals surface area contributed by atoms with Gasteiger partial charge in [-0.2, -0.15) is 0 Å². The Bertz CT molecular complexity index is 576. The first-order valence-corrected chi connectivity index (χ1v) is 15.3. The fourth-order valence-electron chi connectivity index (χ4n) is 4.53. The van der Waals surface area contributed by atoms with Crippen LogP contribution in [-0.2, 0) is 28.6 Å². The van der Waals surface area contributed by atoms with Crippen molar-refractivity contribution in [1.29, 1.82) is 0 Å². The fraction of sp³-hybridized carbons (Fsp3) is 0.903. The van der Waals surface area contributed by atoms with E-state index >= 15 is 0 Å². The lowest BCUT2D eigenvalue weighted by atomic mass is 9.96. The zero-order valence-electron chi connectivity index (χ0n) is 24.8. The van der Waals surface area contributed by atoms with E-state index in [1.165, 1.54) is 7.11 Å². The van der Waals surface area contributed by atoms with Crippen LogP contribution in [0.1, 0.15) is 143 Å². The highest BCUT2D eigenvalue weighted by atomic mass is 16.5. The van der Waals surface area contributed by atoms with Gasteiger partial charge in [0.15, 0.2) is 0 Å². The Balaban J connectivity index is 4.61. The van der Waals surface area contributed by atoms with Gasteiger partial charge in [-0.25, -0.2) is 0 Å². The van der Waals surface area contributed by atoms with E-state index in [9.17, 15) is 14.4 Å². The number of methoxy groups -OCH3 is 1. The molecule has 3 atom stereocenters. The maximum Gasteiger partial charge on any atom is 0.309 e. The molecule has 0 bridgehead atoms. The van der Waals surface area contributed by atoms with Crippen molar-refractivity contribution in [2.45, 2.75) is 143 Å². The summed E-state index contributed by atoms with van der Waals surface area (Å²) in [4.78, 5) is 36.8. The molecule has 6 heteroatoms. The largest absolute Gasteiger partial charge is 0.469 e. The number of hydrogen-bond donors (Lipinski definition) is 0. The van der Waals surface area contributed by atoms with Gasteiger partial charge >= 0.3 is 17.9 Å². The number of rotatable bonds is 25. The summed E-state index contributed by atoms with van der Waals surface area (Å²) in [6.07, 6.45) is 17.1.